The molecule has 0 aliphatic carbocycles. The highest BCUT2D eigenvalue weighted by Crippen LogP contribution is 2.35. The van der Waals surface area contributed by atoms with Crippen LogP contribution >= 0.6 is 0 Å². The highest BCUT2D eigenvalue weighted by atomic mass is 32.2. The van der Waals surface area contributed by atoms with Crippen LogP contribution in [0.15, 0.2) is 34.0 Å². The molecule has 1 aromatic carbocycles. The topological polar surface area (TPSA) is 97.3 Å². The van der Waals surface area contributed by atoms with E-state index in [0.717, 1.165) is 12.8 Å². The van der Waals surface area contributed by atoms with Crippen molar-refractivity contribution in [3.8, 4) is 5.75 Å². The van der Waals surface area contributed by atoms with Gasteiger partial charge < -0.3 is 4.74 Å². The number of sulfonamides is 1. The maximum atomic E-state index is 13.1. The SMILES string of the molecule is COc1ccc(S(=O)(=O)N2C3CCC2Cn2c(n[nH]c2=O)C3)cc1. The number of benzene rings is 1. The van der Waals surface area contributed by atoms with E-state index in [9.17, 15) is 13.2 Å². The predicted molar refractivity (Wildman–Crippen MR) is 85.4 cm³/mol. The standard InChI is InChI=1S/C15H18N4O4S/c1-23-12-4-6-13(7-5-12)24(21,22)19-10-2-3-11(19)9-18-14(8-10)16-17-15(18)20/h4-7,10-11H,2-3,8-9H2,1H3,(H,17,20). The molecule has 1 aromatic heterocycles. The number of H-pyrrole nitrogens is 1. The molecule has 2 atom stereocenters. The summed E-state index contributed by atoms with van der Waals surface area (Å²) >= 11 is 0. The third kappa shape index (κ3) is 2.27. The van der Waals surface area contributed by atoms with Gasteiger partial charge in [-0.25, -0.2) is 18.3 Å². The van der Waals surface area contributed by atoms with E-state index < -0.39 is 10.0 Å². The van der Waals surface area contributed by atoms with Crippen molar-refractivity contribution in [2.75, 3.05) is 7.11 Å². The van der Waals surface area contributed by atoms with E-state index in [1.165, 1.54) is 7.11 Å². The summed E-state index contributed by atoms with van der Waals surface area (Å²) in [5.41, 5.74) is -0.278. The lowest BCUT2D eigenvalue weighted by Crippen LogP contribution is -2.42. The van der Waals surface area contributed by atoms with Crippen molar-refractivity contribution in [2.45, 2.75) is 42.8 Å². The summed E-state index contributed by atoms with van der Waals surface area (Å²) in [7, 11) is -2.09. The maximum Gasteiger partial charge on any atom is 0.343 e. The van der Waals surface area contributed by atoms with Crippen molar-refractivity contribution in [1.82, 2.24) is 19.1 Å². The average molecular weight is 350 g/mol. The summed E-state index contributed by atoms with van der Waals surface area (Å²) < 4.78 is 34.5. The van der Waals surface area contributed by atoms with Gasteiger partial charge in [-0.15, -0.1) is 0 Å². The number of hydrogen-bond donors (Lipinski definition) is 1. The minimum atomic E-state index is -3.63. The molecular weight excluding hydrogens is 332 g/mol. The number of fused-ring (bicyclic) bond motifs is 3. The van der Waals surface area contributed by atoms with Crippen molar-refractivity contribution in [1.29, 1.82) is 0 Å². The number of nitrogens with zero attached hydrogens (tertiary/aromatic N) is 3. The first kappa shape index (κ1) is 15.4. The zero-order valence-electron chi connectivity index (χ0n) is 13.2. The summed E-state index contributed by atoms with van der Waals surface area (Å²) in [6.07, 6.45) is 1.98. The van der Waals surface area contributed by atoms with E-state index in [0.29, 0.717) is 24.5 Å². The first-order valence-corrected chi connectivity index (χ1v) is 9.26. The van der Waals surface area contributed by atoms with Crippen LogP contribution in [0.3, 0.4) is 0 Å². The molecule has 9 heteroatoms. The largest absolute Gasteiger partial charge is 0.497 e. The Labute approximate surface area is 139 Å². The Balaban J connectivity index is 1.72. The van der Waals surface area contributed by atoms with Crippen LogP contribution in [0.5, 0.6) is 5.75 Å². The third-order valence-electron chi connectivity index (χ3n) is 4.84. The Morgan fingerprint density at radius 2 is 1.92 bits per heavy atom. The molecule has 128 valence electrons. The van der Waals surface area contributed by atoms with Gasteiger partial charge in [0.15, 0.2) is 0 Å². The molecule has 2 aliphatic rings. The molecule has 8 nitrogen and oxygen atoms in total. The normalized spacial score (nSPS) is 23.7. The van der Waals surface area contributed by atoms with E-state index in [1.54, 1.807) is 33.1 Å². The van der Waals surface area contributed by atoms with E-state index in [-0.39, 0.29) is 22.7 Å². The third-order valence-corrected chi connectivity index (χ3v) is 6.86. The van der Waals surface area contributed by atoms with Crippen LogP contribution < -0.4 is 10.4 Å². The summed E-state index contributed by atoms with van der Waals surface area (Å²) in [5.74, 6) is 1.24. The molecule has 4 rings (SSSR count). The lowest BCUT2D eigenvalue weighted by molar-refractivity contribution is 0.314. The van der Waals surface area contributed by atoms with Crippen molar-refractivity contribution in [3.63, 3.8) is 0 Å². The van der Waals surface area contributed by atoms with Gasteiger partial charge in [-0.1, -0.05) is 0 Å². The second-order valence-electron chi connectivity index (χ2n) is 6.16. The molecule has 2 bridgehead atoms. The number of methoxy groups -OCH3 is 1. The van der Waals surface area contributed by atoms with Crippen LogP contribution in [0.4, 0.5) is 0 Å². The van der Waals surface area contributed by atoms with E-state index in [4.69, 9.17) is 4.74 Å². The number of aromatic nitrogens is 3. The lowest BCUT2D eigenvalue weighted by Gasteiger charge is -2.26. The molecular formula is C15H18N4O4S. The quantitative estimate of drug-likeness (QED) is 0.862. The minimum Gasteiger partial charge on any atom is -0.497 e. The lowest BCUT2D eigenvalue weighted by atomic mass is 10.1. The summed E-state index contributed by atoms with van der Waals surface area (Å²) in [4.78, 5) is 12.1. The molecule has 0 saturated carbocycles. The second-order valence-corrected chi connectivity index (χ2v) is 8.00. The molecule has 2 unspecified atom stereocenters. The maximum absolute atomic E-state index is 13.1. The van der Waals surface area contributed by atoms with Gasteiger partial charge >= 0.3 is 5.69 Å². The van der Waals surface area contributed by atoms with Crippen LogP contribution in [0.2, 0.25) is 0 Å². The molecule has 1 N–H and O–H groups in total. The molecule has 2 aromatic rings. The van der Waals surface area contributed by atoms with Gasteiger partial charge in [-0.05, 0) is 37.1 Å². The van der Waals surface area contributed by atoms with Gasteiger partial charge in [0.2, 0.25) is 10.0 Å². The molecule has 0 amide bonds. The van der Waals surface area contributed by atoms with Crippen LogP contribution in [0.25, 0.3) is 0 Å². The number of ether oxygens (including phenoxy) is 1. The Hall–Kier alpha value is -2.13. The van der Waals surface area contributed by atoms with Crippen LogP contribution in [0.1, 0.15) is 18.7 Å². The monoisotopic (exact) mass is 350 g/mol. The summed E-state index contributed by atoms with van der Waals surface area (Å²) in [6, 6.07) is 6.01. The van der Waals surface area contributed by atoms with Crippen LogP contribution in [-0.2, 0) is 23.0 Å². The van der Waals surface area contributed by atoms with Crippen molar-refractivity contribution < 1.29 is 13.2 Å². The predicted octanol–water partition coefficient (Wildman–Crippen LogP) is 0.358. The zero-order valence-corrected chi connectivity index (χ0v) is 14.0. The first-order chi connectivity index (χ1) is 11.5. The Morgan fingerprint density at radius 1 is 1.21 bits per heavy atom. The summed E-state index contributed by atoms with van der Waals surface area (Å²) in [6.45, 7) is 0.344. The smallest absolute Gasteiger partial charge is 0.343 e. The number of aromatic amines is 1. The van der Waals surface area contributed by atoms with E-state index in [2.05, 4.69) is 10.2 Å². The molecule has 0 spiro atoms. The fraction of sp³-hybridized carbons (Fsp3) is 0.467. The Kier molecular flexibility index (Phi) is 3.50. The van der Waals surface area contributed by atoms with E-state index in [1.807, 2.05) is 0 Å². The average Bonchev–Trinajstić information content (AvgIpc) is 3.07. The Bertz CT molecular complexity index is 916. The van der Waals surface area contributed by atoms with Gasteiger partial charge in [0.1, 0.15) is 11.6 Å². The second kappa shape index (κ2) is 5.45. The Morgan fingerprint density at radius 3 is 2.62 bits per heavy atom. The molecule has 0 radical (unpaired) electrons. The minimum absolute atomic E-state index is 0.168. The van der Waals surface area contributed by atoms with Crippen molar-refractivity contribution >= 4 is 10.0 Å². The summed E-state index contributed by atoms with van der Waals surface area (Å²) in [5, 5.41) is 6.48. The fourth-order valence-electron chi connectivity index (χ4n) is 3.68. The number of rotatable bonds is 3. The first-order valence-electron chi connectivity index (χ1n) is 7.82. The molecule has 24 heavy (non-hydrogen) atoms. The van der Waals surface area contributed by atoms with Crippen molar-refractivity contribution in [2.24, 2.45) is 0 Å². The molecule has 3 heterocycles. The van der Waals surface area contributed by atoms with Crippen molar-refractivity contribution in [3.05, 3.63) is 40.6 Å². The zero-order chi connectivity index (χ0) is 16.9. The van der Waals surface area contributed by atoms with Crippen LogP contribution in [0, 0.1) is 0 Å². The highest BCUT2D eigenvalue weighted by Gasteiger charge is 2.45. The molecule has 1 saturated heterocycles. The van der Waals surface area contributed by atoms with Gasteiger partial charge in [-0.3, -0.25) is 4.57 Å². The van der Waals surface area contributed by atoms with Gasteiger partial charge in [0.05, 0.1) is 12.0 Å². The molecule has 2 aliphatic heterocycles. The van der Waals surface area contributed by atoms with Gasteiger partial charge in [-0.2, -0.15) is 9.40 Å². The number of nitrogens with one attached hydrogen (secondary N) is 1. The molecule has 1 fully saturated rings. The van der Waals surface area contributed by atoms with E-state index >= 15 is 0 Å². The van der Waals surface area contributed by atoms with Gasteiger partial charge in [0.25, 0.3) is 0 Å². The number of hydrogen-bond acceptors (Lipinski definition) is 5. The van der Waals surface area contributed by atoms with Crippen LogP contribution in [-0.4, -0.2) is 46.7 Å². The fourth-order valence-corrected chi connectivity index (χ4v) is 5.54. The highest BCUT2D eigenvalue weighted by molar-refractivity contribution is 7.89. The van der Waals surface area contributed by atoms with Gasteiger partial charge in [0, 0.05) is 25.0 Å².